The van der Waals surface area contributed by atoms with E-state index >= 15 is 0 Å². The Balaban J connectivity index is 2.42. The summed E-state index contributed by atoms with van der Waals surface area (Å²) in [6, 6.07) is 4.11. The Labute approximate surface area is 121 Å². The molecule has 1 aromatic carbocycles. The summed E-state index contributed by atoms with van der Waals surface area (Å²) in [5, 5.41) is 17.1. The molecule has 6 nitrogen and oxygen atoms in total. The smallest absolute Gasteiger partial charge is 0.313 e. The lowest BCUT2D eigenvalue weighted by molar-refractivity contribution is -0.133. The zero-order valence-electron chi connectivity index (χ0n) is 11.5. The van der Waals surface area contributed by atoms with E-state index in [1.807, 2.05) is 20.8 Å². The monoisotopic (exact) mass is 292 g/mol. The number of nitrogens with zero attached hydrogens (tertiary/aromatic N) is 3. The Kier molecular flexibility index (Phi) is 3.99. The molecule has 2 aromatic rings. The highest BCUT2D eigenvalue weighted by Gasteiger charge is 2.17. The van der Waals surface area contributed by atoms with Crippen molar-refractivity contribution in [2.24, 2.45) is 0 Å². The molecule has 1 aromatic heterocycles. The summed E-state index contributed by atoms with van der Waals surface area (Å²) in [6.07, 6.45) is 0. The number of nitrogen functional groups attached to an aromatic ring is 1. The highest BCUT2D eigenvalue weighted by molar-refractivity contribution is 7.99. The van der Waals surface area contributed by atoms with Crippen molar-refractivity contribution in [1.29, 1.82) is 0 Å². The van der Waals surface area contributed by atoms with Gasteiger partial charge in [-0.2, -0.15) is 0 Å². The largest absolute Gasteiger partial charge is 0.481 e. The molecular formula is C13H16N4O2S. The van der Waals surface area contributed by atoms with Gasteiger partial charge in [-0.25, -0.2) is 4.68 Å². The number of benzene rings is 1. The van der Waals surface area contributed by atoms with Crippen LogP contribution in [0.4, 0.5) is 0 Å². The number of nitrogens with two attached hydrogens (primary N) is 1. The quantitative estimate of drug-likeness (QED) is 0.658. The molecule has 0 saturated heterocycles. The molecule has 0 aliphatic rings. The summed E-state index contributed by atoms with van der Waals surface area (Å²) in [5.41, 5.74) is 4.24. The van der Waals surface area contributed by atoms with E-state index in [1.54, 1.807) is 0 Å². The van der Waals surface area contributed by atoms with Gasteiger partial charge in [0.25, 0.3) is 0 Å². The first kappa shape index (κ1) is 14.4. The van der Waals surface area contributed by atoms with Gasteiger partial charge in [0.05, 0.1) is 5.75 Å². The standard InChI is InChI=1S/C13H16N4O2S/c1-7-4-8(2)11(9(3)5-7)12-15-16-13(17(12)14)20-6-10(18)19/h4-5H,6,14H2,1-3H3,(H,18,19). The minimum atomic E-state index is -0.915. The first-order valence-corrected chi connectivity index (χ1v) is 7.02. The van der Waals surface area contributed by atoms with Crippen molar-refractivity contribution in [3.63, 3.8) is 0 Å². The topological polar surface area (TPSA) is 94.0 Å². The Morgan fingerprint density at radius 2 is 1.90 bits per heavy atom. The number of aryl methyl sites for hydroxylation is 3. The Morgan fingerprint density at radius 1 is 1.30 bits per heavy atom. The molecule has 106 valence electrons. The van der Waals surface area contributed by atoms with Crippen LogP contribution in [0.5, 0.6) is 0 Å². The maximum absolute atomic E-state index is 10.6. The van der Waals surface area contributed by atoms with Crippen molar-refractivity contribution < 1.29 is 9.90 Å². The molecule has 0 radical (unpaired) electrons. The van der Waals surface area contributed by atoms with Crippen molar-refractivity contribution in [3.05, 3.63) is 28.8 Å². The lowest BCUT2D eigenvalue weighted by Crippen LogP contribution is -2.13. The van der Waals surface area contributed by atoms with Crippen molar-refractivity contribution >= 4 is 17.7 Å². The van der Waals surface area contributed by atoms with Crippen LogP contribution in [-0.2, 0) is 4.79 Å². The normalized spacial score (nSPS) is 10.8. The van der Waals surface area contributed by atoms with Gasteiger partial charge in [0, 0.05) is 5.56 Å². The summed E-state index contributed by atoms with van der Waals surface area (Å²) < 4.78 is 1.35. The molecule has 0 unspecified atom stereocenters. The predicted octanol–water partition coefficient (Wildman–Crippen LogP) is 1.76. The molecule has 0 fully saturated rings. The molecule has 0 saturated carbocycles. The molecule has 1 heterocycles. The summed E-state index contributed by atoms with van der Waals surface area (Å²) in [4.78, 5) is 10.6. The number of hydrogen-bond donors (Lipinski definition) is 2. The van der Waals surface area contributed by atoms with Crippen LogP contribution in [0, 0.1) is 20.8 Å². The van der Waals surface area contributed by atoms with E-state index in [0.717, 1.165) is 28.5 Å². The minimum Gasteiger partial charge on any atom is -0.481 e. The molecule has 0 spiro atoms. The number of carbonyl (C=O) groups is 1. The average molecular weight is 292 g/mol. The van der Waals surface area contributed by atoms with Gasteiger partial charge in [-0.05, 0) is 31.9 Å². The van der Waals surface area contributed by atoms with Crippen LogP contribution < -0.4 is 5.84 Å². The number of aliphatic carboxylic acids is 1. The first-order valence-electron chi connectivity index (χ1n) is 6.03. The fourth-order valence-corrected chi connectivity index (χ4v) is 2.78. The van der Waals surface area contributed by atoms with E-state index in [4.69, 9.17) is 10.9 Å². The number of hydrogen-bond acceptors (Lipinski definition) is 5. The minimum absolute atomic E-state index is 0.0960. The second kappa shape index (κ2) is 5.54. The molecule has 3 N–H and O–H groups in total. The van der Waals surface area contributed by atoms with E-state index < -0.39 is 5.97 Å². The fourth-order valence-electron chi connectivity index (χ4n) is 2.20. The lowest BCUT2D eigenvalue weighted by Gasteiger charge is -2.10. The number of carboxylic acids is 1. The zero-order chi connectivity index (χ0) is 14.9. The third-order valence-electron chi connectivity index (χ3n) is 2.89. The third-order valence-corrected chi connectivity index (χ3v) is 3.82. The summed E-state index contributed by atoms with van der Waals surface area (Å²) >= 11 is 1.05. The predicted molar refractivity (Wildman–Crippen MR) is 78.2 cm³/mol. The molecule has 20 heavy (non-hydrogen) atoms. The third kappa shape index (κ3) is 2.77. The van der Waals surface area contributed by atoms with E-state index in [-0.39, 0.29) is 5.75 Å². The molecule has 7 heteroatoms. The van der Waals surface area contributed by atoms with E-state index in [0.29, 0.717) is 11.0 Å². The highest BCUT2D eigenvalue weighted by atomic mass is 32.2. The Bertz CT molecular complexity index is 643. The van der Waals surface area contributed by atoms with Crippen LogP contribution >= 0.6 is 11.8 Å². The van der Waals surface area contributed by atoms with Crippen molar-refractivity contribution in [1.82, 2.24) is 14.9 Å². The van der Waals surface area contributed by atoms with Crippen LogP contribution in [0.3, 0.4) is 0 Å². The van der Waals surface area contributed by atoms with Gasteiger partial charge >= 0.3 is 5.97 Å². The SMILES string of the molecule is Cc1cc(C)c(-c2nnc(SCC(=O)O)n2N)c(C)c1. The van der Waals surface area contributed by atoms with Crippen LogP contribution in [-0.4, -0.2) is 31.7 Å². The number of thioether (sulfide) groups is 1. The number of carboxylic acid groups (broad SMARTS) is 1. The van der Waals surface area contributed by atoms with Crippen LogP contribution in [0.15, 0.2) is 17.3 Å². The van der Waals surface area contributed by atoms with Crippen LogP contribution in [0.1, 0.15) is 16.7 Å². The number of rotatable bonds is 4. The Morgan fingerprint density at radius 3 is 2.45 bits per heavy atom. The van der Waals surface area contributed by atoms with Crippen LogP contribution in [0.25, 0.3) is 11.4 Å². The van der Waals surface area contributed by atoms with Gasteiger partial charge < -0.3 is 10.9 Å². The number of aromatic nitrogens is 3. The highest BCUT2D eigenvalue weighted by Crippen LogP contribution is 2.28. The van der Waals surface area contributed by atoms with Crippen molar-refractivity contribution in [2.45, 2.75) is 25.9 Å². The van der Waals surface area contributed by atoms with E-state index in [9.17, 15) is 4.79 Å². The van der Waals surface area contributed by atoms with Gasteiger partial charge in [-0.15, -0.1) is 10.2 Å². The maximum Gasteiger partial charge on any atom is 0.313 e. The summed E-state index contributed by atoms with van der Waals surface area (Å²) in [5.74, 6) is 5.51. The zero-order valence-corrected chi connectivity index (χ0v) is 12.4. The molecule has 0 amide bonds. The van der Waals surface area contributed by atoms with Gasteiger partial charge in [-0.1, -0.05) is 29.5 Å². The van der Waals surface area contributed by atoms with E-state index in [1.165, 1.54) is 10.2 Å². The maximum atomic E-state index is 10.6. The van der Waals surface area contributed by atoms with E-state index in [2.05, 4.69) is 22.3 Å². The molecular weight excluding hydrogens is 276 g/mol. The Hall–Kier alpha value is -2.02. The molecule has 0 aliphatic heterocycles. The second-order valence-corrected chi connectivity index (χ2v) is 5.57. The lowest BCUT2D eigenvalue weighted by atomic mass is 9.99. The first-order chi connectivity index (χ1) is 9.40. The van der Waals surface area contributed by atoms with Crippen LogP contribution in [0.2, 0.25) is 0 Å². The summed E-state index contributed by atoms with van der Waals surface area (Å²) in [7, 11) is 0. The average Bonchev–Trinajstić information content (AvgIpc) is 2.67. The van der Waals surface area contributed by atoms with Gasteiger partial charge in [-0.3, -0.25) is 4.79 Å². The molecule has 0 bridgehead atoms. The molecule has 0 aliphatic carbocycles. The van der Waals surface area contributed by atoms with Gasteiger partial charge in [0.1, 0.15) is 0 Å². The second-order valence-electron chi connectivity index (χ2n) is 4.63. The van der Waals surface area contributed by atoms with Gasteiger partial charge in [0.2, 0.25) is 5.16 Å². The van der Waals surface area contributed by atoms with Gasteiger partial charge in [0.15, 0.2) is 5.82 Å². The van der Waals surface area contributed by atoms with Crippen molar-refractivity contribution in [3.8, 4) is 11.4 Å². The molecule has 0 atom stereocenters. The fraction of sp³-hybridized carbons (Fsp3) is 0.308. The molecule has 2 rings (SSSR count). The summed E-state index contributed by atoms with van der Waals surface area (Å²) in [6.45, 7) is 6.02. The van der Waals surface area contributed by atoms with Crippen molar-refractivity contribution in [2.75, 3.05) is 11.6 Å².